The maximum absolute atomic E-state index is 13.0. The fraction of sp³-hybridized carbons (Fsp3) is 0.632. The molecule has 0 unspecified atom stereocenters. The van der Waals surface area contributed by atoms with Crippen LogP contribution in [0.3, 0.4) is 0 Å². The minimum absolute atomic E-state index is 0.0248. The molecule has 26 heavy (non-hydrogen) atoms. The zero-order chi connectivity index (χ0) is 19.2. The van der Waals surface area contributed by atoms with Gasteiger partial charge in [0.25, 0.3) is 0 Å². The van der Waals surface area contributed by atoms with Crippen molar-refractivity contribution in [1.29, 1.82) is 0 Å². The number of nitrogens with zero attached hydrogens (tertiary/aromatic N) is 2. The van der Waals surface area contributed by atoms with Crippen LogP contribution >= 0.6 is 0 Å². The van der Waals surface area contributed by atoms with E-state index in [4.69, 9.17) is 0 Å². The molecule has 0 aliphatic carbocycles. The Kier molecular flexibility index (Phi) is 7.61. The van der Waals surface area contributed by atoms with Crippen LogP contribution < -0.4 is 5.32 Å². The normalized spacial score (nSPS) is 15.7. The van der Waals surface area contributed by atoms with Crippen molar-refractivity contribution in [3.05, 3.63) is 29.8 Å². The third-order valence-electron chi connectivity index (χ3n) is 4.58. The van der Waals surface area contributed by atoms with E-state index in [-0.39, 0.29) is 24.8 Å². The number of hydrogen-bond donors (Lipinski definition) is 1. The molecule has 1 fully saturated rings. The van der Waals surface area contributed by atoms with Crippen molar-refractivity contribution in [2.45, 2.75) is 38.5 Å². The second kappa shape index (κ2) is 9.48. The van der Waals surface area contributed by atoms with E-state index in [1.54, 1.807) is 12.1 Å². The first-order valence-corrected chi connectivity index (χ1v) is 10.9. The van der Waals surface area contributed by atoms with Gasteiger partial charge in [-0.05, 0) is 30.0 Å². The van der Waals surface area contributed by atoms with Gasteiger partial charge in [0.15, 0.2) is 0 Å². The van der Waals surface area contributed by atoms with Gasteiger partial charge in [-0.2, -0.15) is 4.31 Å². The molecule has 0 bridgehead atoms. The third kappa shape index (κ3) is 5.53. The molecular formula is C19H31N3O3S. The molecule has 1 saturated heterocycles. The highest BCUT2D eigenvalue weighted by molar-refractivity contribution is 7.89. The Hall–Kier alpha value is -1.44. The minimum atomic E-state index is -3.60. The van der Waals surface area contributed by atoms with E-state index < -0.39 is 10.0 Å². The molecular weight excluding hydrogens is 350 g/mol. The van der Waals surface area contributed by atoms with Crippen molar-refractivity contribution in [2.24, 2.45) is 5.92 Å². The van der Waals surface area contributed by atoms with E-state index in [2.05, 4.69) is 5.32 Å². The molecule has 1 aromatic rings. The lowest BCUT2D eigenvalue weighted by molar-refractivity contribution is -0.131. The second-order valence-electron chi connectivity index (χ2n) is 7.14. The Bertz CT molecular complexity index is 680. The average molecular weight is 382 g/mol. The highest BCUT2D eigenvalue weighted by Gasteiger charge is 2.26. The predicted molar refractivity (Wildman–Crippen MR) is 103 cm³/mol. The third-order valence-corrected chi connectivity index (χ3v) is 6.46. The molecule has 0 atom stereocenters. The molecule has 0 aromatic heterocycles. The second-order valence-corrected chi connectivity index (χ2v) is 9.07. The van der Waals surface area contributed by atoms with Gasteiger partial charge in [0.2, 0.25) is 15.9 Å². The summed E-state index contributed by atoms with van der Waals surface area (Å²) >= 11 is 0. The lowest BCUT2D eigenvalue weighted by Crippen LogP contribution is -2.47. The van der Waals surface area contributed by atoms with Crippen LogP contribution in [-0.2, 0) is 21.2 Å². The highest BCUT2D eigenvalue weighted by atomic mass is 32.2. The van der Waals surface area contributed by atoms with Crippen LogP contribution in [0.25, 0.3) is 0 Å². The molecule has 6 nitrogen and oxygen atoms in total. The first-order chi connectivity index (χ1) is 12.3. The molecule has 1 heterocycles. The lowest BCUT2D eigenvalue weighted by atomic mass is 10.2. The van der Waals surface area contributed by atoms with Gasteiger partial charge in [-0.25, -0.2) is 8.42 Å². The minimum Gasteiger partial charge on any atom is -0.340 e. The fourth-order valence-corrected chi connectivity index (χ4v) is 4.66. The molecule has 1 amide bonds. The van der Waals surface area contributed by atoms with Crippen molar-refractivity contribution < 1.29 is 13.2 Å². The summed E-state index contributed by atoms with van der Waals surface area (Å²) in [5.41, 5.74) is 1.10. The van der Waals surface area contributed by atoms with Crippen molar-refractivity contribution in [3.63, 3.8) is 0 Å². The van der Waals surface area contributed by atoms with Gasteiger partial charge in [-0.1, -0.05) is 32.9 Å². The summed E-state index contributed by atoms with van der Waals surface area (Å²) in [6, 6.07) is 7.04. The summed E-state index contributed by atoms with van der Waals surface area (Å²) < 4.78 is 27.6. The number of carbonyl (C=O) groups is 1. The quantitative estimate of drug-likeness (QED) is 0.744. The summed E-state index contributed by atoms with van der Waals surface area (Å²) in [6.45, 7) is 9.61. The zero-order valence-corrected chi connectivity index (χ0v) is 16.9. The number of piperazine rings is 1. The van der Waals surface area contributed by atoms with E-state index >= 15 is 0 Å². The number of nitrogens with one attached hydrogen (secondary N) is 1. The molecule has 1 N–H and O–H groups in total. The van der Waals surface area contributed by atoms with Crippen molar-refractivity contribution in [2.75, 3.05) is 39.3 Å². The molecule has 0 spiro atoms. The van der Waals surface area contributed by atoms with Crippen molar-refractivity contribution in [1.82, 2.24) is 14.5 Å². The standard InChI is InChI=1S/C19H31N3O3S/c1-4-17-5-7-18(8-6-17)26(24,25)22(15-16(2)3)12-9-19(23)21-13-10-20-11-14-21/h5-8,16,20H,4,9-15H2,1-3H3. The van der Waals surface area contributed by atoms with Gasteiger partial charge < -0.3 is 10.2 Å². The van der Waals surface area contributed by atoms with Gasteiger partial charge in [0.1, 0.15) is 0 Å². The van der Waals surface area contributed by atoms with E-state index in [9.17, 15) is 13.2 Å². The largest absolute Gasteiger partial charge is 0.340 e. The van der Waals surface area contributed by atoms with Crippen LogP contribution in [0.4, 0.5) is 0 Å². The van der Waals surface area contributed by atoms with Gasteiger partial charge >= 0.3 is 0 Å². The molecule has 0 saturated carbocycles. The van der Waals surface area contributed by atoms with Crippen LogP contribution in [0.1, 0.15) is 32.8 Å². The van der Waals surface area contributed by atoms with E-state index in [1.807, 2.05) is 37.8 Å². The van der Waals surface area contributed by atoms with Gasteiger partial charge in [0.05, 0.1) is 4.90 Å². The van der Waals surface area contributed by atoms with E-state index in [0.717, 1.165) is 25.1 Å². The molecule has 1 aliphatic heterocycles. The number of amides is 1. The molecule has 7 heteroatoms. The Morgan fingerprint density at radius 3 is 2.35 bits per heavy atom. The fourth-order valence-electron chi connectivity index (χ4n) is 3.06. The Labute approximate surface area is 157 Å². The Morgan fingerprint density at radius 1 is 1.19 bits per heavy atom. The Morgan fingerprint density at radius 2 is 1.81 bits per heavy atom. The maximum Gasteiger partial charge on any atom is 0.243 e. The average Bonchev–Trinajstić information content (AvgIpc) is 2.65. The van der Waals surface area contributed by atoms with Gasteiger partial charge in [-0.15, -0.1) is 0 Å². The summed E-state index contributed by atoms with van der Waals surface area (Å²) in [6.07, 6.45) is 1.09. The topological polar surface area (TPSA) is 69.7 Å². The number of benzene rings is 1. The number of hydrogen-bond acceptors (Lipinski definition) is 4. The zero-order valence-electron chi connectivity index (χ0n) is 16.1. The molecule has 0 radical (unpaired) electrons. The number of sulfonamides is 1. The molecule has 2 rings (SSSR count). The first kappa shape index (κ1) is 20.9. The van der Waals surface area contributed by atoms with Crippen LogP contribution in [0.5, 0.6) is 0 Å². The van der Waals surface area contributed by atoms with Crippen molar-refractivity contribution in [3.8, 4) is 0 Å². The Balaban J connectivity index is 2.10. The number of rotatable bonds is 8. The molecule has 1 aliphatic rings. The monoisotopic (exact) mass is 381 g/mol. The van der Waals surface area contributed by atoms with Gasteiger partial charge in [-0.3, -0.25) is 4.79 Å². The van der Waals surface area contributed by atoms with E-state index in [1.165, 1.54) is 4.31 Å². The molecule has 146 valence electrons. The van der Waals surface area contributed by atoms with Crippen LogP contribution in [-0.4, -0.2) is 62.8 Å². The number of carbonyl (C=O) groups excluding carboxylic acids is 1. The van der Waals surface area contributed by atoms with Crippen LogP contribution in [0.15, 0.2) is 29.2 Å². The highest BCUT2D eigenvalue weighted by Crippen LogP contribution is 2.19. The molecule has 1 aromatic carbocycles. The summed E-state index contributed by atoms with van der Waals surface area (Å²) in [5.74, 6) is 0.214. The summed E-state index contributed by atoms with van der Waals surface area (Å²) in [7, 11) is -3.60. The lowest BCUT2D eigenvalue weighted by Gasteiger charge is -2.29. The van der Waals surface area contributed by atoms with Crippen LogP contribution in [0, 0.1) is 5.92 Å². The first-order valence-electron chi connectivity index (χ1n) is 9.42. The number of aryl methyl sites for hydroxylation is 1. The summed E-state index contributed by atoms with van der Waals surface area (Å²) in [4.78, 5) is 14.5. The van der Waals surface area contributed by atoms with Crippen LogP contribution in [0.2, 0.25) is 0 Å². The summed E-state index contributed by atoms with van der Waals surface area (Å²) in [5, 5.41) is 3.22. The smallest absolute Gasteiger partial charge is 0.243 e. The van der Waals surface area contributed by atoms with Gasteiger partial charge in [0, 0.05) is 45.7 Å². The predicted octanol–water partition coefficient (Wildman–Crippen LogP) is 1.72. The maximum atomic E-state index is 13.0. The SMILES string of the molecule is CCc1ccc(S(=O)(=O)N(CCC(=O)N2CCNCC2)CC(C)C)cc1. The van der Waals surface area contributed by atoms with Crippen molar-refractivity contribution >= 4 is 15.9 Å². The van der Waals surface area contributed by atoms with E-state index in [0.29, 0.717) is 24.5 Å².